The maximum atomic E-state index is 13.2. The Labute approximate surface area is 188 Å². The van der Waals surface area contributed by atoms with Gasteiger partial charge < -0.3 is 19.7 Å². The zero-order valence-electron chi connectivity index (χ0n) is 19.0. The normalized spacial score (nSPS) is 15.2. The van der Waals surface area contributed by atoms with Crippen LogP contribution in [0.2, 0.25) is 0 Å². The third-order valence-electron chi connectivity index (χ3n) is 5.34. The van der Waals surface area contributed by atoms with Crippen molar-refractivity contribution in [1.82, 2.24) is 15.2 Å². The SMILES string of the molecule is CCCNC(=O)N(C)CC(=O)N1N=C(c2ccc(OC)cc2)CC1c1ccc(OC)cc1. The molecule has 0 aromatic heterocycles. The zero-order valence-corrected chi connectivity index (χ0v) is 19.0. The highest BCUT2D eigenvalue weighted by Crippen LogP contribution is 2.34. The molecule has 3 amide bonds. The minimum Gasteiger partial charge on any atom is -0.497 e. The summed E-state index contributed by atoms with van der Waals surface area (Å²) in [5.74, 6) is 1.25. The number of nitrogens with one attached hydrogen (secondary N) is 1. The lowest BCUT2D eigenvalue weighted by molar-refractivity contribution is -0.133. The number of carbonyl (C=O) groups is 2. The average Bonchev–Trinajstić information content (AvgIpc) is 3.28. The molecule has 8 heteroatoms. The third kappa shape index (κ3) is 5.38. The Hall–Kier alpha value is -3.55. The van der Waals surface area contributed by atoms with E-state index in [0.29, 0.717) is 13.0 Å². The van der Waals surface area contributed by atoms with Gasteiger partial charge in [-0.05, 0) is 53.9 Å². The van der Waals surface area contributed by atoms with Gasteiger partial charge in [-0.1, -0.05) is 19.1 Å². The van der Waals surface area contributed by atoms with Gasteiger partial charge in [0.05, 0.1) is 26.0 Å². The second-order valence-corrected chi connectivity index (χ2v) is 7.59. The Balaban J connectivity index is 1.84. The molecule has 3 rings (SSSR count). The number of hydrogen-bond acceptors (Lipinski definition) is 5. The fraction of sp³-hybridized carbons (Fsp3) is 0.375. The average molecular weight is 439 g/mol. The van der Waals surface area contributed by atoms with E-state index in [1.165, 1.54) is 9.91 Å². The van der Waals surface area contributed by atoms with Crippen LogP contribution >= 0.6 is 0 Å². The third-order valence-corrected chi connectivity index (χ3v) is 5.34. The molecule has 0 spiro atoms. The highest BCUT2D eigenvalue weighted by molar-refractivity contribution is 6.03. The lowest BCUT2D eigenvalue weighted by Gasteiger charge is -2.25. The van der Waals surface area contributed by atoms with Crippen molar-refractivity contribution >= 4 is 17.6 Å². The molecule has 8 nitrogen and oxygen atoms in total. The standard InChI is InChI=1S/C24H30N4O4/c1-5-14-25-24(30)27(2)16-23(29)28-22(18-8-12-20(32-4)13-9-18)15-21(26-28)17-6-10-19(31-3)11-7-17/h6-13,22H,5,14-16H2,1-4H3,(H,25,30). The maximum absolute atomic E-state index is 13.2. The van der Waals surface area contributed by atoms with Crippen LogP contribution in [-0.2, 0) is 4.79 Å². The molecule has 1 aliphatic rings. The van der Waals surface area contributed by atoms with Gasteiger partial charge in [0.15, 0.2) is 0 Å². The van der Waals surface area contributed by atoms with E-state index in [9.17, 15) is 9.59 Å². The van der Waals surface area contributed by atoms with Gasteiger partial charge in [-0.2, -0.15) is 5.10 Å². The van der Waals surface area contributed by atoms with E-state index in [0.717, 1.165) is 34.8 Å². The number of likely N-dealkylation sites (N-methyl/N-ethyl adjacent to an activating group) is 1. The summed E-state index contributed by atoms with van der Waals surface area (Å²) < 4.78 is 10.5. The van der Waals surface area contributed by atoms with Crippen molar-refractivity contribution in [2.24, 2.45) is 5.10 Å². The van der Waals surface area contributed by atoms with E-state index < -0.39 is 0 Å². The fourth-order valence-electron chi connectivity index (χ4n) is 3.50. The molecule has 0 aliphatic carbocycles. The second-order valence-electron chi connectivity index (χ2n) is 7.59. The van der Waals surface area contributed by atoms with Gasteiger partial charge >= 0.3 is 6.03 Å². The van der Waals surface area contributed by atoms with E-state index in [4.69, 9.17) is 9.47 Å². The first-order valence-corrected chi connectivity index (χ1v) is 10.6. The summed E-state index contributed by atoms with van der Waals surface area (Å²) in [6.45, 7) is 2.47. The van der Waals surface area contributed by atoms with Crippen LogP contribution in [0.25, 0.3) is 0 Å². The molecule has 0 bridgehead atoms. The smallest absolute Gasteiger partial charge is 0.317 e. The maximum Gasteiger partial charge on any atom is 0.317 e. The van der Waals surface area contributed by atoms with Crippen LogP contribution < -0.4 is 14.8 Å². The molecule has 32 heavy (non-hydrogen) atoms. The van der Waals surface area contributed by atoms with Crippen molar-refractivity contribution < 1.29 is 19.1 Å². The first-order valence-electron chi connectivity index (χ1n) is 10.6. The van der Waals surface area contributed by atoms with Gasteiger partial charge in [0.2, 0.25) is 0 Å². The molecule has 170 valence electrons. The molecule has 0 fully saturated rings. The van der Waals surface area contributed by atoms with Crippen LogP contribution in [0.5, 0.6) is 11.5 Å². The minimum atomic E-state index is -0.278. The number of benzene rings is 2. The number of rotatable bonds is 8. The molecule has 1 atom stereocenters. The van der Waals surface area contributed by atoms with Gasteiger partial charge in [0.25, 0.3) is 5.91 Å². The summed E-state index contributed by atoms with van der Waals surface area (Å²) in [6, 6.07) is 14.7. The Morgan fingerprint density at radius 3 is 2.22 bits per heavy atom. The van der Waals surface area contributed by atoms with Crippen molar-refractivity contribution in [3.8, 4) is 11.5 Å². The summed E-state index contributed by atoms with van der Waals surface area (Å²) in [4.78, 5) is 26.8. The minimum absolute atomic E-state index is 0.0679. The number of hydrogen-bond donors (Lipinski definition) is 1. The molecule has 1 unspecified atom stereocenters. The van der Waals surface area contributed by atoms with Crippen LogP contribution in [0, 0.1) is 0 Å². The summed E-state index contributed by atoms with van der Waals surface area (Å²) in [6.07, 6.45) is 1.39. The number of hydrazone groups is 1. The van der Waals surface area contributed by atoms with Gasteiger partial charge in [0, 0.05) is 20.0 Å². The number of methoxy groups -OCH3 is 2. The number of nitrogens with zero attached hydrogens (tertiary/aromatic N) is 3. The van der Waals surface area contributed by atoms with Gasteiger partial charge in [-0.25, -0.2) is 9.80 Å². The molecular weight excluding hydrogens is 408 g/mol. The van der Waals surface area contributed by atoms with Gasteiger partial charge in [-0.15, -0.1) is 0 Å². The Morgan fingerprint density at radius 1 is 1.06 bits per heavy atom. The summed E-state index contributed by atoms with van der Waals surface area (Å²) in [5.41, 5.74) is 2.68. The highest BCUT2D eigenvalue weighted by atomic mass is 16.5. The molecule has 2 aromatic rings. The molecule has 0 saturated heterocycles. The van der Waals surface area contributed by atoms with Crippen molar-refractivity contribution in [2.45, 2.75) is 25.8 Å². The molecule has 1 N–H and O–H groups in total. The predicted octanol–water partition coefficient (Wildman–Crippen LogP) is 3.43. The van der Waals surface area contributed by atoms with Crippen LogP contribution in [0.3, 0.4) is 0 Å². The quantitative estimate of drug-likeness (QED) is 0.684. The monoisotopic (exact) mass is 438 g/mol. The first kappa shape index (κ1) is 23.1. The van der Waals surface area contributed by atoms with E-state index in [-0.39, 0.29) is 24.5 Å². The lowest BCUT2D eigenvalue weighted by atomic mass is 9.98. The largest absolute Gasteiger partial charge is 0.497 e. The molecule has 1 heterocycles. The fourth-order valence-corrected chi connectivity index (χ4v) is 3.50. The zero-order chi connectivity index (χ0) is 23.1. The molecule has 2 aromatic carbocycles. The predicted molar refractivity (Wildman–Crippen MR) is 123 cm³/mol. The lowest BCUT2D eigenvalue weighted by Crippen LogP contribution is -2.43. The summed E-state index contributed by atoms with van der Waals surface area (Å²) in [5, 5.41) is 8.93. The van der Waals surface area contributed by atoms with Crippen molar-refractivity contribution in [1.29, 1.82) is 0 Å². The molecular formula is C24H30N4O4. The Morgan fingerprint density at radius 2 is 1.66 bits per heavy atom. The van der Waals surface area contributed by atoms with Gasteiger partial charge in [-0.3, -0.25) is 4.79 Å². The topological polar surface area (TPSA) is 83.5 Å². The first-order chi connectivity index (χ1) is 15.5. The van der Waals surface area contributed by atoms with Crippen molar-refractivity contribution in [2.75, 3.05) is 34.4 Å². The Bertz CT molecular complexity index is 957. The molecule has 0 saturated carbocycles. The second kappa shape index (κ2) is 10.7. The summed E-state index contributed by atoms with van der Waals surface area (Å²) >= 11 is 0. The number of urea groups is 1. The number of ether oxygens (including phenoxy) is 2. The van der Waals surface area contributed by atoms with Crippen molar-refractivity contribution in [3.05, 3.63) is 59.7 Å². The summed E-state index contributed by atoms with van der Waals surface area (Å²) in [7, 11) is 4.84. The van der Waals surface area contributed by atoms with Crippen LogP contribution in [0.4, 0.5) is 4.79 Å². The highest BCUT2D eigenvalue weighted by Gasteiger charge is 2.34. The number of carbonyl (C=O) groups excluding carboxylic acids is 2. The van der Waals surface area contributed by atoms with Crippen molar-refractivity contribution in [3.63, 3.8) is 0 Å². The van der Waals surface area contributed by atoms with E-state index in [2.05, 4.69) is 10.4 Å². The van der Waals surface area contributed by atoms with E-state index in [1.807, 2.05) is 55.5 Å². The van der Waals surface area contributed by atoms with E-state index in [1.54, 1.807) is 21.3 Å². The molecule has 1 aliphatic heterocycles. The van der Waals surface area contributed by atoms with Crippen LogP contribution in [-0.4, -0.2) is 61.9 Å². The van der Waals surface area contributed by atoms with Gasteiger partial charge in [0.1, 0.15) is 18.0 Å². The van der Waals surface area contributed by atoms with Crippen LogP contribution in [0.1, 0.15) is 36.9 Å². The molecule has 0 radical (unpaired) electrons. The number of amides is 3. The Kier molecular flexibility index (Phi) is 7.70. The van der Waals surface area contributed by atoms with Crippen LogP contribution in [0.15, 0.2) is 53.6 Å². The van der Waals surface area contributed by atoms with E-state index >= 15 is 0 Å².